The third-order valence-corrected chi connectivity index (χ3v) is 3.96. The molecule has 0 bridgehead atoms. The Morgan fingerprint density at radius 1 is 1.26 bits per heavy atom. The number of thiophene rings is 1. The van der Waals surface area contributed by atoms with Crippen molar-refractivity contribution in [2.45, 2.75) is 12.6 Å². The lowest BCUT2D eigenvalue weighted by atomic mass is 10.0. The van der Waals surface area contributed by atoms with E-state index in [4.69, 9.17) is 0 Å². The van der Waals surface area contributed by atoms with Crippen LogP contribution in [0.25, 0.3) is 0 Å². The van der Waals surface area contributed by atoms with Crippen molar-refractivity contribution in [1.29, 1.82) is 0 Å². The summed E-state index contributed by atoms with van der Waals surface area (Å²) in [5.74, 6) is -0.337. The third-order valence-electron chi connectivity index (χ3n) is 2.54. The van der Waals surface area contributed by atoms with Gasteiger partial charge in [0.1, 0.15) is 0 Å². The SMILES string of the molecule is O=C(Cc1ccsc1)c1cc(C(F)(F)F)ccc1Br. The van der Waals surface area contributed by atoms with Crippen LogP contribution in [0.4, 0.5) is 13.2 Å². The Kier molecular flexibility index (Phi) is 4.10. The average molecular weight is 349 g/mol. The molecule has 0 radical (unpaired) electrons. The van der Waals surface area contributed by atoms with E-state index >= 15 is 0 Å². The lowest BCUT2D eigenvalue weighted by Crippen LogP contribution is -2.09. The molecule has 1 aromatic carbocycles. The maximum Gasteiger partial charge on any atom is 0.416 e. The number of carbonyl (C=O) groups excluding carboxylic acids is 1. The fourth-order valence-electron chi connectivity index (χ4n) is 1.59. The second kappa shape index (κ2) is 5.46. The summed E-state index contributed by atoms with van der Waals surface area (Å²) in [6, 6.07) is 4.87. The van der Waals surface area contributed by atoms with Crippen molar-refractivity contribution in [3.8, 4) is 0 Å². The normalized spacial score (nSPS) is 11.6. The smallest absolute Gasteiger partial charge is 0.294 e. The van der Waals surface area contributed by atoms with E-state index < -0.39 is 11.7 Å². The first-order chi connectivity index (χ1) is 8.88. The first-order valence-corrected chi connectivity index (χ1v) is 7.02. The van der Waals surface area contributed by atoms with Gasteiger partial charge in [0.05, 0.1) is 5.56 Å². The van der Waals surface area contributed by atoms with E-state index in [9.17, 15) is 18.0 Å². The number of alkyl halides is 3. The number of carbonyl (C=O) groups is 1. The highest BCUT2D eigenvalue weighted by Gasteiger charge is 2.31. The maximum absolute atomic E-state index is 12.6. The second-order valence-electron chi connectivity index (χ2n) is 3.92. The standard InChI is InChI=1S/C13H8BrF3OS/c14-11-2-1-9(13(15,16)17)6-10(11)12(18)5-8-3-4-19-7-8/h1-4,6-7H,5H2. The minimum absolute atomic E-state index is 0.0565. The van der Waals surface area contributed by atoms with Gasteiger partial charge in [-0.1, -0.05) is 15.9 Å². The van der Waals surface area contributed by atoms with Crippen molar-refractivity contribution >= 4 is 33.0 Å². The summed E-state index contributed by atoms with van der Waals surface area (Å²) in [5.41, 5.74) is 0.0460. The molecule has 0 amide bonds. The molecule has 0 aliphatic carbocycles. The molecule has 100 valence electrons. The Hall–Kier alpha value is -1.14. The highest BCUT2D eigenvalue weighted by molar-refractivity contribution is 9.10. The van der Waals surface area contributed by atoms with Gasteiger partial charge in [0.25, 0.3) is 0 Å². The fraction of sp³-hybridized carbons (Fsp3) is 0.154. The Labute approximate surface area is 120 Å². The number of Topliss-reactive ketones (excluding diaryl/α,β-unsaturated/α-hetero) is 1. The summed E-state index contributed by atoms with van der Waals surface area (Å²) in [6.07, 6.45) is -4.35. The molecule has 0 unspecified atom stereocenters. The third kappa shape index (κ3) is 3.45. The van der Waals surface area contributed by atoms with Gasteiger partial charge in [-0.25, -0.2) is 0 Å². The molecule has 2 rings (SSSR count). The van der Waals surface area contributed by atoms with E-state index in [0.29, 0.717) is 4.47 Å². The Morgan fingerprint density at radius 2 is 2.00 bits per heavy atom. The monoisotopic (exact) mass is 348 g/mol. The van der Waals surface area contributed by atoms with Crippen LogP contribution < -0.4 is 0 Å². The van der Waals surface area contributed by atoms with Gasteiger partial charge >= 0.3 is 6.18 Å². The lowest BCUT2D eigenvalue weighted by Gasteiger charge is -2.09. The van der Waals surface area contributed by atoms with Crippen LogP contribution in [-0.2, 0) is 12.6 Å². The van der Waals surface area contributed by atoms with Crippen LogP contribution in [0.2, 0.25) is 0 Å². The first-order valence-electron chi connectivity index (χ1n) is 5.29. The molecule has 6 heteroatoms. The lowest BCUT2D eigenvalue weighted by molar-refractivity contribution is -0.137. The predicted octanol–water partition coefficient (Wildman–Crippen LogP) is 4.95. The molecule has 0 saturated heterocycles. The molecule has 1 heterocycles. The maximum atomic E-state index is 12.6. The quantitative estimate of drug-likeness (QED) is 0.717. The number of hydrogen-bond acceptors (Lipinski definition) is 2. The molecule has 2 aromatic rings. The van der Waals surface area contributed by atoms with Crippen LogP contribution in [0, 0.1) is 0 Å². The van der Waals surface area contributed by atoms with Crippen LogP contribution in [-0.4, -0.2) is 5.78 Å². The van der Waals surface area contributed by atoms with Gasteiger partial charge in [-0.3, -0.25) is 4.79 Å². The zero-order chi connectivity index (χ0) is 14.0. The van der Waals surface area contributed by atoms with Crippen molar-refractivity contribution in [1.82, 2.24) is 0 Å². The topological polar surface area (TPSA) is 17.1 Å². The van der Waals surface area contributed by atoms with Crippen LogP contribution in [0.5, 0.6) is 0 Å². The first kappa shape index (κ1) is 14.3. The van der Waals surface area contributed by atoms with E-state index in [2.05, 4.69) is 15.9 Å². The summed E-state index contributed by atoms with van der Waals surface area (Å²) in [7, 11) is 0. The van der Waals surface area contributed by atoms with E-state index in [1.165, 1.54) is 17.4 Å². The van der Waals surface area contributed by atoms with Crippen LogP contribution in [0.1, 0.15) is 21.5 Å². The Bertz CT molecular complexity index is 590. The van der Waals surface area contributed by atoms with Crippen LogP contribution in [0.3, 0.4) is 0 Å². The molecule has 0 atom stereocenters. The van der Waals surface area contributed by atoms with Gasteiger partial charge in [-0.05, 0) is 40.6 Å². The average Bonchev–Trinajstić information content (AvgIpc) is 2.80. The molecular formula is C13H8BrF3OS. The number of benzene rings is 1. The van der Waals surface area contributed by atoms with Crippen molar-refractivity contribution in [2.24, 2.45) is 0 Å². The predicted molar refractivity (Wildman–Crippen MR) is 71.5 cm³/mol. The zero-order valence-corrected chi connectivity index (χ0v) is 11.9. The second-order valence-corrected chi connectivity index (χ2v) is 5.56. The van der Waals surface area contributed by atoms with Crippen molar-refractivity contribution < 1.29 is 18.0 Å². The molecule has 1 nitrogen and oxygen atoms in total. The van der Waals surface area contributed by atoms with E-state index in [0.717, 1.165) is 17.7 Å². The fourth-order valence-corrected chi connectivity index (χ4v) is 2.73. The molecule has 0 fully saturated rings. The van der Waals surface area contributed by atoms with Gasteiger partial charge in [0.2, 0.25) is 0 Å². The summed E-state index contributed by atoms with van der Waals surface area (Å²) >= 11 is 4.56. The Morgan fingerprint density at radius 3 is 2.58 bits per heavy atom. The summed E-state index contributed by atoms with van der Waals surface area (Å²) in [4.78, 5) is 12.0. The summed E-state index contributed by atoms with van der Waals surface area (Å²) in [6.45, 7) is 0. The van der Waals surface area contributed by atoms with Crippen molar-refractivity contribution in [3.05, 3.63) is 56.2 Å². The Balaban J connectivity index is 2.31. The molecule has 0 spiro atoms. The molecule has 0 N–H and O–H groups in total. The summed E-state index contributed by atoms with van der Waals surface area (Å²) in [5, 5.41) is 3.63. The molecule has 0 saturated carbocycles. The zero-order valence-electron chi connectivity index (χ0n) is 9.50. The van der Waals surface area contributed by atoms with Crippen LogP contribution >= 0.6 is 27.3 Å². The number of ketones is 1. The number of halogens is 4. The molecular weight excluding hydrogens is 341 g/mol. The molecule has 0 aliphatic heterocycles. The number of rotatable bonds is 3. The van der Waals surface area contributed by atoms with Gasteiger partial charge in [-0.15, -0.1) is 0 Å². The number of hydrogen-bond donors (Lipinski definition) is 0. The minimum atomic E-state index is -4.45. The van der Waals surface area contributed by atoms with E-state index in [1.54, 1.807) is 11.4 Å². The van der Waals surface area contributed by atoms with E-state index in [-0.39, 0.29) is 17.8 Å². The highest BCUT2D eigenvalue weighted by atomic mass is 79.9. The van der Waals surface area contributed by atoms with Crippen molar-refractivity contribution in [2.75, 3.05) is 0 Å². The van der Waals surface area contributed by atoms with E-state index in [1.807, 2.05) is 5.38 Å². The van der Waals surface area contributed by atoms with Gasteiger partial charge in [-0.2, -0.15) is 24.5 Å². The molecule has 1 aromatic heterocycles. The largest absolute Gasteiger partial charge is 0.416 e. The van der Waals surface area contributed by atoms with Gasteiger partial charge in [0, 0.05) is 16.5 Å². The van der Waals surface area contributed by atoms with Crippen molar-refractivity contribution in [3.63, 3.8) is 0 Å². The molecule has 0 aliphatic rings. The van der Waals surface area contributed by atoms with Gasteiger partial charge in [0.15, 0.2) is 5.78 Å². The highest BCUT2D eigenvalue weighted by Crippen LogP contribution is 2.32. The van der Waals surface area contributed by atoms with Crippen LogP contribution in [0.15, 0.2) is 39.5 Å². The summed E-state index contributed by atoms with van der Waals surface area (Å²) < 4.78 is 38.2. The molecule has 19 heavy (non-hydrogen) atoms. The van der Waals surface area contributed by atoms with Gasteiger partial charge < -0.3 is 0 Å². The minimum Gasteiger partial charge on any atom is -0.294 e.